The first-order valence-corrected chi connectivity index (χ1v) is 10.3. The number of sulfonamides is 1. The van der Waals surface area contributed by atoms with Crippen LogP contribution >= 0.6 is 0 Å². The number of hydrogen-bond acceptors (Lipinski definition) is 3. The summed E-state index contributed by atoms with van der Waals surface area (Å²) in [5.74, 6) is 1.09. The molecule has 1 aliphatic carbocycles. The van der Waals surface area contributed by atoms with Crippen LogP contribution < -0.4 is 0 Å². The second-order valence-corrected chi connectivity index (χ2v) is 9.35. The first-order valence-electron chi connectivity index (χ1n) is 8.71. The molecule has 3 rings (SSSR count). The molecular weight excluding hydrogens is 300 g/mol. The molecule has 0 aromatic heterocycles. The zero-order valence-electron chi connectivity index (χ0n) is 13.7. The topological polar surface area (TPSA) is 57.7 Å². The van der Waals surface area contributed by atoms with E-state index < -0.39 is 10.0 Å². The van der Waals surface area contributed by atoms with Gasteiger partial charge in [0.05, 0.1) is 5.75 Å². The molecule has 126 valence electrons. The lowest BCUT2D eigenvalue weighted by Gasteiger charge is -2.47. The van der Waals surface area contributed by atoms with Crippen LogP contribution in [-0.2, 0) is 14.8 Å². The number of rotatable bonds is 5. The van der Waals surface area contributed by atoms with Gasteiger partial charge in [-0.1, -0.05) is 20.3 Å². The lowest BCUT2D eigenvalue weighted by molar-refractivity contribution is -0.141. The van der Waals surface area contributed by atoms with E-state index in [1.165, 1.54) is 0 Å². The molecule has 0 bridgehead atoms. The van der Waals surface area contributed by atoms with Crippen molar-refractivity contribution in [3.63, 3.8) is 0 Å². The summed E-state index contributed by atoms with van der Waals surface area (Å²) in [4.78, 5) is 14.3. The second-order valence-electron chi connectivity index (χ2n) is 7.34. The molecule has 1 saturated carbocycles. The Morgan fingerprint density at radius 3 is 2.59 bits per heavy atom. The van der Waals surface area contributed by atoms with Crippen molar-refractivity contribution in [3.05, 3.63) is 0 Å². The van der Waals surface area contributed by atoms with Crippen molar-refractivity contribution in [2.45, 2.75) is 64.5 Å². The van der Waals surface area contributed by atoms with Crippen LogP contribution in [0.25, 0.3) is 0 Å². The Hall–Kier alpha value is -0.620. The smallest absolute Gasteiger partial charge is 0.223 e. The van der Waals surface area contributed by atoms with E-state index in [9.17, 15) is 13.2 Å². The van der Waals surface area contributed by atoms with Gasteiger partial charge in [-0.05, 0) is 37.5 Å². The van der Waals surface area contributed by atoms with E-state index in [0.717, 1.165) is 32.1 Å². The number of nitrogens with zero attached hydrogens (tertiary/aromatic N) is 2. The van der Waals surface area contributed by atoms with E-state index in [2.05, 4.69) is 4.90 Å². The van der Waals surface area contributed by atoms with Crippen LogP contribution in [0.4, 0.5) is 0 Å². The van der Waals surface area contributed by atoms with Crippen LogP contribution in [-0.4, -0.2) is 54.5 Å². The number of fused-ring (bicyclic) bond motifs is 1. The number of likely N-dealkylation sites (tertiary alicyclic amines) is 1. The zero-order chi connectivity index (χ0) is 15.9. The molecular formula is C16H28N2O3S. The third-order valence-corrected chi connectivity index (χ3v) is 7.67. The predicted octanol–water partition coefficient (Wildman–Crippen LogP) is 1.84. The molecule has 0 aromatic rings. The van der Waals surface area contributed by atoms with Crippen LogP contribution in [0, 0.1) is 11.8 Å². The monoisotopic (exact) mass is 328 g/mol. The minimum atomic E-state index is -3.15. The van der Waals surface area contributed by atoms with Gasteiger partial charge in [-0.25, -0.2) is 12.7 Å². The quantitative estimate of drug-likeness (QED) is 0.774. The average molecular weight is 328 g/mol. The minimum Gasteiger partial charge on any atom is -0.336 e. The zero-order valence-corrected chi connectivity index (χ0v) is 14.5. The molecule has 5 nitrogen and oxygen atoms in total. The Kier molecular flexibility index (Phi) is 4.52. The summed E-state index contributed by atoms with van der Waals surface area (Å²) >= 11 is 0. The summed E-state index contributed by atoms with van der Waals surface area (Å²) in [6.45, 7) is 5.22. The average Bonchev–Trinajstić information content (AvgIpc) is 3.30. The van der Waals surface area contributed by atoms with Gasteiger partial charge in [0, 0.05) is 31.6 Å². The Morgan fingerprint density at radius 1 is 1.23 bits per heavy atom. The summed E-state index contributed by atoms with van der Waals surface area (Å²) in [6, 6.07) is 0.729. The van der Waals surface area contributed by atoms with E-state index in [1.807, 2.05) is 13.8 Å². The molecule has 2 saturated heterocycles. The van der Waals surface area contributed by atoms with Crippen LogP contribution in [0.1, 0.15) is 52.4 Å². The van der Waals surface area contributed by atoms with Crippen molar-refractivity contribution in [1.82, 2.24) is 9.21 Å². The van der Waals surface area contributed by atoms with Crippen LogP contribution in [0.3, 0.4) is 0 Å². The summed E-state index contributed by atoms with van der Waals surface area (Å²) in [5.41, 5.74) is 0. The normalized spacial score (nSPS) is 31.9. The van der Waals surface area contributed by atoms with Crippen molar-refractivity contribution >= 4 is 15.9 Å². The number of hydrogen-bond donors (Lipinski definition) is 0. The van der Waals surface area contributed by atoms with Crippen molar-refractivity contribution in [1.29, 1.82) is 0 Å². The standard InChI is InChI=1S/C16H28N2O3S/c1-3-12(2)11-22(20,21)17-9-8-15-13(10-17)4-7-16(19)18(15)14-5-6-14/h12-15H,3-11H2,1-2H3/t12-,13-,15-/m0/s1. The molecule has 1 amide bonds. The lowest BCUT2D eigenvalue weighted by atomic mass is 9.84. The SMILES string of the molecule is CC[C@H](C)CS(=O)(=O)N1CC[C@H]2[C@@H](CCC(=O)N2C2CC2)C1. The van der Waals surface area contributed by atoms with Gasteiger partial charge in [-0.2, -0.15) is 0 Å². The van der Waals surface area contributed by atoms with Gasteiger partial charge >= 0.3 is 0 Å². The third kappa shape index (κ3) is 3.18. The minimum absolute atomic E-state index is 0.207. The molecule has 22 heavy (non-hydrogen) atoms. The highest BCUT2D eigenvalue weighted by Crippen LogP contribution is 2.39. The van der Waals surface area contributed by atoms with Crippen LogP contribution in [0.2, 0.25) is 0 Å². The fraction of sp³-hybridized carbons (Fsp3) is 0.938. The molecule has 3 aliphatic rings. The molecule has 0 N–H and O–H groups in total. The molecule has 2 aliphatic heterocycles. The summed E-state index contributed by atoms with van der Waals surface area (Å²) < 4.78 is 26.8. The molecule has 3 fully saturated rings. The largest absolute Gasteiger partial charge is 0.336 e. The van der Waals surface area contributed by atoms with Crippen molar-refractivity contribution in [2.75, 3.05) is 18.8 Å². The molecule has 0 spiro atoms. The Labute approximate surface area is 134 Å². The van der Waals surface area contributed by atoms with Gasteiger partial charge < -0.3 is 4.90 Å². The van der Waals surface area contributed by atoms with Crippen molar-refractivity contribution < 1.29 is 13.2 Å². The fourth-order valence-electron chi connectivity index (χ4n) is 3.92. The van der Waals surface area contributed by atoms with Crippen molar-refractivity contribution in [2.24, 2.45) is 11.8 Å². The number of piperidine rings is 2. The molecule has 3 atom stereocenters. The van der Waals surface area contributed by atoms with Gasteiger partial charge in [0.15, 0.2) is 0 Å². The van der Waals surface area contributed by atoms with E-state index in [0.29, 0.717) is 37.4 Å². The van der Waals surface area contributed by atoms with Crippen LogP contribution in [0.5, 0.6) is 0 Å². The summed E-state index contributed by atoms with van der Waals surface area (Å²) in [5, 5.41) is 0. The molecule has 2 heterocycles. The van der Waals surface area contributed by atoms with Crippen molar-refractivity contribution in [3.8, 4) is 0 Å². The van der Waals surface area contributed by atoms with E-state index in [4.69, 9.17) is 0 Å². The maximum absolute atomic E-state index is 12.6. The predicted molar refractivity (Wildman–Crippen MR) is 85.8 cm³/mol. The van der Waals surface area contributed by atoms with Gasteiger partial charge in [-0.15, -0.1) is 0 Å². The maximum Gasteiger partial charge on any atom is 0.223 e. The number of amides is 1. The first kappa shape index (κ1) is 16.2. The van der Waals surface area contributed by atoms with Gasteiger partial charge in [-0.3, -0.25) is 4.79 Å². The molecule has 0 radical (unpaired) electrons. The molecule has 6 heteroatoms. The van der Waals surface area contributed by atoms with E-state index in [1.54, 1.807) is 4.31 Å². The Balaban J connectivity index is 1.68. The molecule has 0 aromatic carbocycles. The second kappa shape index (κ2) is 6.11. The van der Waals surface area contributed by atoms with Gasteiger partial charge in [0.25, 0.3) is 0 Å². The maximum atomic E-state index is 12.6. The summed E-state index contributed by atoms with van der Waals surface area (Å²) in [6.07, 6.45) is 5.41. The highest BCUT2D eigenvalue weighted by Gasteiger charge is 2.46. The summed E-state index contributed by atoms with van der Waals surface area (Å²) in [7, 11) is -3.15. The van der Waals surface area contributed by atoms with Gasteiger partial charge in [0.1, 0.15) is 0 Å². The van der Waals surface area contributed by atoms with Gasteiger partial charge in [0.2, 0.25) is 15.9 Å². The Morgan fingerprint density at radius 2 is 1.95 bits per heavy atom. The number of carbonyl (C=O) groups excluding carboxylic acids is 1. The fourth-order valence-corrected chi connectivity index (χ4v) is 5.89. The highest BCUT2D eigenvalue weighted by atomic mass is 32.2. The first-order chi connectivity index (χ1) is 10.4. The van der Waals surface area contributed by atoms with E-state index >= 15 is 0 Å². The third-order valence-electron chi connectivity index (χ3n) is 5.56. The van der Waals surface area contributed by atoms with E-state index in [-0.39, 0.29) is 17.7 Å². The molecule has 0 unspecified atom stereocenters. The lowest BCUT2D eigenvalue weighted by Crippen LogP contribution is -2.57. The van der Waals surface area contributed by atoms with Crippen LogP contribution in [0.15, 0.2) is 0 Å². The Bertz CT molecular complexity index is 530. The number of carbonyl (C=O) groups is 1. The highest BCUT2D eigenvalue weighted by molar-refractivity contribution is 7.89.